The Labute approximate surface area is 147 Å². The molecular formula is C17H15BrClNO3. The number of hydrogen-bond donors (Lipinski definition) is 1. The van der Waals surface area contributed by atoms with Crippen molar-refractivity contribution in [3.63, 3.8) is 0 Å². The van der Waals surface area contributed by atoms with Gasteiger partial charge >= 0.3 is 5.97 Å². The summed E-state index contributed by atoms with van der Waals surface area (Å²) in [6.07, 6.45) is 0.109. The number of rotatable bonds is 6. The molecule has 0 unspecified atom stereocenters. The maximum absolute atomic E-state index is 11.8. The first-order chi connectivity index (χ1) is 11.0. The third-order valence-corrected chi connectivity index (χ3v) is 3.78. The summed E-state index contributed by atoms with van der Waals surface area (Å²) in [5.41, 5.74) is 1.54. The van der Waals surface area contributed by atoms with Gasteiger partial charge in [-0.2, -0.15) is 0 Å². The van der Waals surface area contributed by atoms with Crippen LogP contribution in [0.4, 0.5) is 5.69 Å². The molecule has 0 heterocycles. The first kappa shape index (κ1) is 17.5. The van der Waals surface area contributed by atoms with E-state index in [2.05, 4.69) is 21.2 Å². The monoisotopic (exact) mass is 395 g/mol. The summed E-state index contributed by atoms with van der Waals surface area (Å²) in [5, 5.41) is 3.29. The van der Waals surface area contributed by atoms with Crippen LogP contribution in [0.15, 0.2) is 53.0 Å². The van der Waals surface area contributed by atoms with Gasteiger partial charge < -0.3 is 10.1 Å². The quantitative estimate of drug-likeness (QED) is 0.728. The van der Waals surface area contributed by atoms with E-state index in [-0.39, 0.29) is 25.4 Å². The van der Waals surface area contributed by atoms with E-state index < -0.39 is 5.97 Å². The van der Waals surface area contributed by atoms with E-state index >= 15 is 0 Å². The van der Waals surface area contributed by atoms with Crippen LogP contribution in [-0.4, -0.2) is 11.9 Å². The highest BCUT2D eigenvalue weighted by molar-refractivity contribution is 9.10. The molecule has 2 aromatic carbocycles. The van der Waals surface area contributed by atoms with Gasteiger partial charge in [-0.15, -0.1) is 0 Å². The fraction of sp³-hybridized carbons (Fsp3) is 0.176. The van der Waals surface area contributed by atoms with Crippen molar-refractivity contribution in [2.75, 3.05) is 5.32 Å². The average Bonchev–Trinajstić information content (AvgIpc) is 2.54. The van der Waals surface area contributed by atoms with E-state index in [1.807, 2.05) is 24.3 Å². The molecule has 1 amide bonds. The number of anilines is 1. The number of halogens is 2. The van der Waals surface area contributed by atoms with E-state index in [4.69, 9.17) is 16.3 Å². The number of hydrogen-bond acceptors (Lipinski definition) is 3. The highest BCUT2D eigenvalue weighted by Crippen LogP contribution is 2.14. The second-order valence-electron chi connectivity index (χ2n) is 4.84. The maximum Gasteiger partial charge on any atom is 0.306 e. The Morgan fingerprint density at radius 3 is 2.30 bits per heavy atom. The SMILES string of the molecule is O=C(CCC(=O)OCc1ccc(Br)cc1)Nc1ccc(Cl)cc1. The van der Waals surface area contributed by atoms with Crippen molar-refractivity contribution in [2.45, 2.75) is 19.4 Å². The van der Waals surface area contributed by atoms with Crippen LogP contribution in [0.1, 0.15) is 18.4 Å². The molecule has 0 radical (unpaired) electrons. The molecule has 4 nitrogen and oxygen atoms in total. The zero-order valence-corrected chi connectivity index (χ0v) is 14.6. The zero-order chi connectivity index (χ0) is 16.7. The first-order valence-electron chi connectivity index (χ1n) is 6.98. The number of carbonyl (C=O) groups is 2. The van der Waals surface area contributed by atoms with E-state index in [9.17, 15) is 9.59 Å². The first-order valence-corrected chi connectivity index (χ1v) is 8.15. The molecule has 6 heteroatoms. The van der Waals surface area contributed by atoms with Crippen LogP contribution in [0, 0.1) is 0 Å². The predicted octanol–water partition coefficient (Wildman–Crippen LogP) is 4.56. The largest absolute Gasteiger partial charge is 0.461 e. The van der Waals surface area contributed by atoms with Crippen LogP contribution in [0.25, 0.3) is 0 Å². The summed E-state index contributed by atoms with van der Waals surface area (Å²) in [6.45, 7) is 0.199. The van der Waals surface area contributed by atoms with Gasteiger partial charge in [-0.05, 0) is 42.0 Å². The molecular weight excluding hydrogens is 382 g/mol. The molecule has 0 fully saturated rings. The lowest BCUT2D eigenvalue weighted by atomic mass is 10.2. The van der Waals surface area contributed by atoms with Gasteiger partial charge in [0.25, 0.3) is 0 Å². The molecule has 1 N–H and O–H groups in total. The van der Waals surface area contributed by atoms with Crippen LogP contribution >= 0.6 is 27.5 Å². The highest BCUT2D eigenvalue weighted by atomic mass is 79.9. The molecule has 0 aliphatic rings. The van der Waals surface area contributed by atoms with Crippen LogP contribution in [-0.2, 0) is 20.9 Å². The van der Waals surface area contributed by atoms with Crippen molar-refractivity contribution in [1.82, 2.24) is 0 Å². The van der Waals surface area contributed by atoms with E-state index in [1.165, 1.54) is 0 Å². The fourth-order valence-corrected chi connectivity index (χ4v) is 2.18. The van der Waals surface area contributed by atoms with Crippen molar-refractivity contribution in [1.29, 1.82) is 0 Å². The Balaban J connectivity index is 1.70. The molecule has 0 saturated carbocycles. The number of amides is 1. The van der Waals surface area contributed by atoms with Gasteiger partial charge in [0.2, 0.25) is 5.91 Å². The number of ether oxygens (including phenoxy) is 1. The molecule has 2 rings (SSSR count). The Kier molecular flexibility index (Phi) is 6.62. The molecule has 120 valence electrons. The van der Waals surface area contributed by atoms with Crippen molar-refractivity contribution in [3.8, 4) is 0 Å². The maximum atomic E-state index is 11.8. The summed E-state index contributed by atoms with van der Waals surface area (Å²) >= 11 is 9.11. The summed E-state index contributed by atoms with van der Waals surface area (Å²) in [5.74, 6) is -0.646. The van der Waals surface area contributed by atoms with E-state index in [0.717, 1.165) is 10.0 Å². The van der Waals surface area contributed by atoms with Crippen LogP contribution in [0.5, 0.6) is 0 Å². The van der Waals surface area contributed by atoms with Gasteiger partial charge in [0.1, 0.15) is 6.61 Å². The molecule has 23 heavy (non-hydrogen) atoms. The normalized spacial score (nSPS) is 10.2. The molecule has 0 aliphatic heterocycles. The van der Waals surface area contributed by atoms with Gasteiger partial charge in [0, 0.05) is 21.6 Å². The zero-order valence-electron chi connectivity index (χ0n) is 12.2. The molecule has 0 saturated heterocycles. The lowest BCUT2D eigenvalue weighted by Crippen LogP contribution is -2.14. The molecule has 2 aromatic rings. The summed E-state index contributed by atoms with van der Waals surface area (Å²) in [7, 11) is 0. The third kappa shape index (κ3) is 6.42. The van der Waals surface area contributed by atoms with Crippen LogP contribution < -0.4 is 5.32 Å². The minimum Gasteiger partial charge on any atom is -0.461 e. The number of carbonyl (C=O) groups excluding carboxylic acids is 2. The summed E-state index contributed by atoms with van der Waals surface area (Å²) in [4.78, 5) is 23.4. The van der Waals surface area contributed by atoms with Gasteiger partial charge in [0.05, 0.1) is 6.42 Å². The molecule has 0 bridgehead atoms. The van der Waals surface area contributed by atoms with Gasteiger partial charge in [0.15, 0.2) is 0 Å². The molecule has 0 aromatic heterocycles. The lowest BCUT2D eigenvalue weighted by Gasteiger charge is -2.06. The average molecular weight is 397 g/mol. The number of esters is 1. The summed E-state index contributed by atoms with van der Waals surface area (Å²) < 4.78 is 6.10. The molecule has 0 atom stereocenters. The van der Waals surface area contributed by atoms with Gasteiger partial charge in [-0.3, -0.25) is 9.59 Å². The van der Waals surface area contributed by atoms with Crippen molar-refractivity contribution in [2.24, 2.45) is 0 Å². The minimum atomic E-state index is -0.404. The molecule has 0 aliphatic carbocycles. The standard InChI is InChI=1S/C17H15BrClNO3/c18-13-3-1-12(2-4-13)11-23-17(22)10-9-16(21)20-15-7-5-14(19)6-8-15/h1-8H,9-11H2,(H,20,21). The van der Waals surface area contributed by atoms with Crippen molar-refractivity contribution in [3.05, 3.63) is 63.6 Å². The van der Waals surface area contributed by atoms with E-state index in [1.54, 1.807) is 24.3 Å². The van der Waals surface area contributed by atoms with Crippen molar-refractivity contribution >= 4 is 45.1 Å². The Hall–Kier alpha value is -1.85. The second kappa shape index (κ2) is 8.70. The Morgan fingerprint density at radius 2 is 1.65 bits per heavy atom. The number of nitrogens with one attached hydrogen (secondary N) is 1. The fourth-order valence-electron chi connectivity index (χ4n) is 1.79. The minimum absolute atomic E-state index is 0.0376. The third-order valence-electron chi connectivity index (χ3n) is 3.00. The van der Waals surface area contributed by atoms with Gasteiger partial charge in [-0.25, -0.2) is 0 Å². The highest BCUT2D eigenvalue weighted by Gasteiger charge is 2.09. The van der Waals surface area contributed by atoms with Crippen molar-refractivity contribution < 1.29 is 14.3 Å². The van der Waals surface area contributed by atoms with Gasteiger partial charge in [-0.1, -0.05) is 39.7 Å². The smallest absolute Gasteiger partial charge is 0.306 e. The molecule has 0 spiro atoms. The second-order valence-corrected chi connectivity index (χ2v) is 6.19. The summed E-state index contributed by atoms with van der Waals surface area (Å²) in [6, 6.07) is 14.3. The Morgan fingerprint density at radius 1 is 1.00 bits per heavy atom. The predicted molar refractivity (Wildman–Crippen MR) is 93.3 cm³/mol. The Bertz CT molecular complexity index is 671. The van der Waals surface area contributed by atoms with E-state index in [0.29, 0.717) is 10.7 Å². The van der Waals surface area contributed by atoms with Crippen LogP contribution in [0.2, 0.25) is 5.02 Å². The lowest BCUT2D eigenvalue weighted by molar-refractivity contribution is -0.145. The topological polar surface area (TPSA) is 55.4 Å². The number of benzene rings is 2. The van der Waals surface area contributed by atoms with Crippen LogP contribution in [0.3, 0.4) is 0 Å².